The molecule has 0 amide bonds. The van der Waals surface area contributed by atoms with Gasteiger partial charge in [-0.15, -0.1) is 0 Å². The van der Waals surface area contributed by atoms with Crippen molar-refractivity contribution in [1.82, 2.24) is 19.5 Å². The van der Waals surface area contributed by atoms with E-state index in [1.807, 2.05) is 6.92 Å². The first-order valence-corrected chi connectivity index (χ1v) is 10.2. The lowest BCUT2D eigenvalue weighted by Crippen LogP contribution is -2.33. The molecule has 0 aliphatic carbocycles. The van der Waals surface area contributed by atoms with Gasteiger partial charge in [-0.1, -0.05) is 13.0 Å². The van der Waals surface area contributed by atoms with Gasteiger partial charge in [0.1, 0.15) is 29.6 Å². The number of anilines is 3. The molecule has 4 atom stereocenters. The van der Waals surface area contributed by atoms with Crippen LogP contribution in [0.3, 0.4) is 0 Å². The number of hydrogen-bond acceptors (Lipinski definition) is 11. The number of aromatic nitrogens is 4. The summed E-state index contributed by atoms with van der Waals surface area (Å²) in [6.45, 7) is 1.00. The third-order valence-corrected chi connectivity index (χ3v) is 5.31. The number of ether oxygens (including phenoxy) is 2. The Morgan fingerprint density at radius 2 is 2.09 bits per heavy atom. The van der Waals surface area contributed by atoms with Crippen LogP contribution in [0.5, 0.6) is 5.75 Å². The summed E-state index contributed by atoms with van der Waals surface area (Å²) in [6, 6.07) is 5.10. The number of carboxylic acids is 1. The van der Waals surface area contributed by atoms with Gasteiger partial charge in [0.2, 0.25) is 5.95 Å². The van der Waals surface area contributed by atoms with Crippen LogP contribution in [0.4, 0.5) is 17.5 Å². The van der Waals surface area contributed by atoms with E-state index < -0.39 is 43.7 Å². The van der Waals surface area contributed by atoms with Crippen molar-refractivity contribution in [2.75, 3.05) is 24.3 Å². The summed E-state index contributed by atoms with van der Waals surface area (Å²) in [5, 5.41) is 41.7. The second kappa shape index (κ2) is 9.15. The molecule has 1 fully saturated rings. The van der Waals surface area contributed by atoms with Gasteiger partial charge in [0.25, 0.3) is 0 Å². The third kappa shape index (κ3) is 4.39. The van der Waals surface area contributed by atoms with Crippen LogP contribution < -0.4 is 15.8 Å². The number of nitrogens with one attached hydrogen (secondary N) is 1. The van der Waals surface area contributed by atoms with E-state index in [2.05, 4.69) is 20.3 Å². The average molecular weight is 460 g/mol. The molecule has 3 heterocycles. The maximum absolute atomic E-state index is 10.8. The van der Waals surface area contributed by atoms with Crippen LogP contribution in [0.1, 0.15) is 18.7 Å². The summed E-state index contributed by atoms with van der Waals surface area (Å²) in [7, 11) is 0. The molecular weight excluding hydrogens is 436 g/mol. The monoisotopic (exact) mass is 460 g/mol. The first-order chi connectivity index (χ1) is 15.8. The number of carboxylic acid groups (broad SMARTS) is 1. The summed E-state index contributed by atoms with van der Waals surface area (Å²) in [5.41, 5.74) is 8.08. The zero-order valence-corrected chi connectivity index (χ0v) is 17.6. The Morgan fingerprint density at radius 1 is 1.30 bits per heavy atom. The zero-order valence-electron chi connectivity index (χ0n) is 17.6. The number of aliphatic hydroxyl groups excluding tert-OH is 3. The fourth-order valence-electron chi connectivity index (χ4n) is 3.63. The van der Waals surface area contributed by atoms with Crippen molar-refractivity contribution in [3.8, 4) is 5.75 Å². The highest BCUT2D eigenvalue weighted by atomic mass is 16.6. The molecule has 1 aromatic carbocycles. The summed E-state index contributed by atoms with van der Waals surface area (Å²) >= 11 is 0. The number of fused-ring (bicyclic) bond motifs is 1. The van der Waals surface area contributed by atoms with Crippen LogP contribution >= 0.6 is 0 Å². The molecule has 1 aliphatic rings. The third-order valence-electron chi connectivity index (χ3n) is 5.31. The van der Waals surface area contributed by atoms with E-state index in [0.717, 1.165) is 5.56 Å². The zero-order chi connectivity index (χ0) is 23.7. The van der Waals surface area contributed by atoms with Gasteiger partial charge in [-0.25, -0.2) is 9.78 Å². The molecule has 13 heteroatoms. The van der Waals surface area contributed by atoms with E-state index >= 15 is 0 Å². The molecule has 33 heavy (non-hydrogen) atoms. The summed E-state index contributed by atoms with van der Waals surface area (Å²) in [5.74, 6) is -0.547. The molecule has 2 aromatic heterocycles. The standard InChI is InChI=1S/C20H24N6O7/c1-2-9-3-4-10(32-7-13(28)29)5-11(9)23-20-24-17(21)14-18(25-20)26(8-22-14)19-16(31)15(30)12(6-27)33-19/h3-5,8,12,15-16,19,27,30-31H,2,6-7H2,1H3,(H,28,29)(H3,21,23,24,25)/t12-,15-,16-,19-/m1/s1. The lowest BCUT2D eigenvalue weighted by atomic mass is 10.1. The number of aliphatic hydroxyl groups is 3. The number of imidazole rings is 1. The molecule has 0 saturated carbocycles. The first-order valence-electron chi connectivity index (χ1n) is 10.2. The molecule has 0 bridgehead atoms. The van der Waals surface area contributed by atoms with E-state index in [4.69, 9.17) is 20.3 Å². The number of nitrogen functional groups attached to an aromatic ring is 1. The van der Waals surface area contributed by atoms with Gasteiger partial charge in [0, 0.05) is 11.8 Å². The average Bonchev–Trinajstić information content (AvgIpc) is 3.33. The van der Waals surface area contributed by atoms with Crippen molar-refractivity contribution in [2.45, 2.75) is 37.9 Å². The number of carbonyl (C=O) groups is 1. The lowest BCUT2D eigenvalue weighted by molar-refractivity contribution is -0.139. The molecule has 0 radical (unpaired) electrons. The fourth-order valence-corrected chi connectivity index (χ4v) is 3.63. The molecule has 1 aliphatic heterocycles. The van der Waals surface area contributed by atoms with Gasteiger partial charge < -0.3 is 41.0 Å². The van der Waals surface area contributed by atoms with Crippen molar-refractivity contribution in [3.05, 3.63) is 30.1 Å². The normalized spacial score (nSPS) is 22.5. The van der Waals surface area contributed by atoms with Gasteiger partial charge in [0.05, 0.1) is 12.9 Å². The van der Waals surface area contributed by atoms with Gasteiger partial charge in [-0.2, -0.15) is 9.97 Å². The summed E-state index contributed by atoms with van der Waals surface area (Å²) < 4.78 is 12.2. The van der Waals surface area contributed by atoms with E-state index in [9.17, 15) is 20.1 Å². The second-order valence-corrected chi connectivity index (χ2v) is 7.47. The molecule has 3 aromatic rings. The molecule has 13 nitrogen and oxygen atoms in total. The maximum atomic E-state index is 10.8. The summed E-state index contributed by atoms with van der Waals surface area (Å²) in [6.07, 6.45) is -2.57. The van der Waals surface area contributed by atoms with E-state index in [-0.39, 0.29) is 22.9 Å². The largest absolute Gasteiger partial charge is 0.482 e. The maximum Gasteiger partial charge on any atom is 0.341 e. The minimum absolute atomic E-state index is 0.0734. The summed E-state index contributed by atoms with van der Waals surface area (Å²) in [4.78, 5) is 23.7. The van der Waals surface area contributed by atoms with Crippen molar-refractivity contribution in [3.63, 3.8) is 0 Å². The van der Waals surface area contributed by atoms with Crippen molar-refractivity contribution >= 4 is 34.6 Å². The Balaban J connectivity index is 1.68. The minimum Gasteiger partial charge on any atom is -0.482 e. The van der Waals surface area contributed by atoms with Gasteiger partial charge >= 0.3 is 5.97 Å². The van der Waals surface area contributed by atoms with E-state index in [1.54, 1.807) is 18.2 Å². The SMILES string of the molecule is CCc1ccc(OCC(=O)O)cc1Nc1nc(N)c2ncn([C@@H]3O[C@H](CO)[C@@H](O)[C@H]3O)c2n1. The quantitative estimate of drug-likeness (QED) is 0.259. The Morgan fingerprint density at radius 3 is 2.76 bits per heavy atom. The molecule has 1 saturated heterocycles. The first kappa shape index (κ1) is 22.7. The van der Waals surface area contributed by atoms with Crippen molar-refractivity contribution in [2.24, 2.45) is 0 Å². The van der Waals surface area contributed by atoms with Gasteiger partial charge in [-0.05, 0) is 18.1 Å². The number of nitrogens with zero attached hydrogens (tertiary/aromatic N) is 4. The van der Waals surface area contributed by atoms with Crippen LogP contribution in [0.25, 0.3) is 11.2 Å². The molecule has 0 unspecified atom stereocenters. The van der Waals surface area contributed by atoms with Crippen molar-refractivity contribution < 1.29 is 34.7 Å². The van der Waals surface area contributed by atoms with E-state index in [0.29, 0.717) is 17.9 Å². The van der Waals surface area contributed by atoms with Crippen molar-refractivity contribution in [1.29, 1.82) is 0 Å². The molecule has 0 spiro atoms. The minimum atomic E-state index is -1.32. The highest BCUT2D eigenvalue weighted by molar-refractivity contribution is 5.83. The number of aliphatic carboxylic acids is 1. The molecule has 176 valence electrons. The predicted molar refractivity (Wildman–Crippen MR) is 115 cm³/mol. The van der Waals surface area contributed by atoms with E-state index in [1.165, 1.54) is 10.9 Å². The fraction of sp³-hybridized carbons (Fsp3) is 0.400. The number of aryl methyl sites for hydroxylation is 1. The topological polar surface area (TPSA) is 198 Å². The smallest absolute Gasteiger partial charge is 0.341 e. The lowest BCUT2D eigenvalue weighted by Gasteiger charge is -2.17. The highest BCUT2D eigenvalue weighted by Gasteiger charge is 2.44. The second-order valence-electron chi connectivity index (χ2n) is 7.47. The highest BCUT2D eigenvalue weighted by Crippen LogP contribution is 2.33. The number of rotatable bonds is 8. The Bertz CT molecular complexity index is 1170. The number of nitrogens with two attached hydrogens (primary N) is 1. The Kier molecular flexibility index (Phi) is 6.29. The van der Waals surface area contributed by atoms with Crippen LogP contribution in [0.2, 0.25) is 0 Å². The van der Waals surface area contributed by atoms with Crippen LogP contribution in [-0.4, -0.2) is 77.4 Å². The van der Waals surface area contributed by atoms with Crippen LogP contribution in [0.15, 0.2) is 24.5 Å². The Hall–Kier alpha value is -3.52. The van der Waals surface area contributed by atoms with Gasteiger partial charge in [0.15, 0.2) is 24.3 Å². The number of hydrogen-bond donors (Lipinski definition) is 6. The van der Waals surface area contributed by atoms with Crippen LogP contribution in [0, 0.1) is 0 Å². The molecule has 7 N–H and O–H groups in total. The van der Waals surface area contributed by atoms with Gasteiger partial charge in [-0.3, -0.25) is 4.57 Å². The predicted octanol–water partition coefficient (Wildman–Crippen LogP) is -0.211. The molecular formula is C20H24N6O7. The number of benzene rings is 1. The molecule has 4 rings (SSSR count). The van der Waals surface area contributed by atoms with Crippen LogP contribution in [-0.2, 0) is 16.0 Å². The Labute approximate surface area is 187 Å².